The number of epoxide rings is 1. The van der Waals surface area contributed by atoms with Gasteiger partial charge in [0.25, 0.3) is 0 Å². The van der Waals surface area contributed by atoms with Gasteiger partial charge in [-0.25, -0.2) is 0 Å². The minimum Gasteiger partial charge on any atom is -0.369 e. The highest BCUT2D eigenvalue weighted by atomic mass is 16.6. The molecule has 11 heavy (non-hydrogen) atoms. The number of rotatable bonds is 0. The van der Waals surface area contributed by atoms with Crippen LogP contribution in [0.1, 0.15) is 25.7 Å². The predicted octanol–water partition coefficient (Wildman–Crippen LogP) is 1.01. The van der Waals surface area contributed by atoms with E-state index in [1.807, 2.05) is 0 Å². The minimum absolute atomic E-state index is 0.380. The molecule has 0 aromatic carbocycles. The Hall–Kier alpha value is -0.0800. The quantitative estimate of drug-likeness (QED) is 0.483. The van der Waals surface area contributed by atoms with E-state index in [1.165, 1.54) is 38.8 Å². The Morgan fingerprint density at radius 2 is 2.27 bits per heavy atom. The molecular formula is C9H15NO. The van der Waals surface area contributed by atoms with Crippen molar-refractivity contribution < 1.29 is 4.74 Å². The lowest BCUT2D eigenvalue weighted by Gasteiger charge is -2.33. The molecule has 62 valence electrons. The molecule has 2 heteroatoms. The van der Waals surface area contributed by atoms with E-state index in [2.05, 4.69) is 4.90 Å². The van der Waals surface area contributed by atoms with Crippen molar-refractivity contribution >= 4 is 0 Å². The van der Waals surface area contributed by atoms with E-state index in [9.17, 15) is 0 Å². The molecule has 3 aliphatic heterocycles. The van der Waals surface area contributed by atoms with Crippen LogP contribution in [-0.2, 0) is 4.74 Å². The van der Waals surface area contributed by atoms with E-state index in [0.717, 1.165) is 12.6 Å². The van der Waals surface area contributed by atoms with Gasteiger partial charge in [0, 0.05) is 12.6 Å². The first kappa shape index (κ1) is 6.44. The Kier molecular flexibility index (Phi) is 1.16. The first-order valence-electron chi connectivity index (χ1n) is 4.76. The smallest absolute Gasteiger partial charge is 0.0943 e. The second-order valence-corrected chi connectivity index (χ2v) is 4.26. The Balaban J connectivity index is 1.75. The van der Waals surface area contributed by atoms with Crippen LogP contribution in [0.5, 0.6) is 0 Å². The molecule has 0 radical (unpaired) electrons. The SMILES string of the molecule is C1C[C@@H]2C[C@@]3(CCN2C1)CO3. The summed E-state index contributed by atoms with van der Waals surface area (Å²) in [7, 11) is 0. The molecule has 3 fully saturated rings. The summed E-state index contributed by atoms with van der Waals surface area (Å²) in [5, 5.41) is 0. The molecule has 0 N–H and O–H groups in total. The summed E-state index contributed by atoms with van der Waals surface area (Å²) < 4.78 is 5.52. The first-order valence-corrected chi connectivity index (χ1v) is 4.76. The van der Waals surface area contributed by atoms with Gasteiger partial charge in [-0.3, -0.25) is 0 Å². The van der Waals surface area contributed by atoms with Crippen LogP contribution in [0.25, 0.3) is 0 Å². The standard InChI is InChI=1S/C9H15NO/c1-2-8-6-9(7-11-9)3-5-10(8)4-1/h8H,1-7H2/t8-,9+/m1/s1. The molecule has 0 aliphatic carbocycles. The van der Waals surface area contributed by atoms with Crippen LogP contribution in [0.15, 0.2) is 0 Å². The number of fused-ring (bicyclic) bond motifs is 1. The third kappa shape index (κ3) is 0.926. The normalized spacial score (nSPS) is 49.6. The molecule has 3 heterocycles. The number of hydrogen-bond donors (Lipinski definition) is 0. The first-order chi connectivity index (χ1) is 5.38. The molecular weight excluding hydrogens is 138 g/mol. The van der Waals surface area contributed by atoms with Gasteiger partial charge >= 0.3 is 0 Å². The van der Waals surface area contributed by atoms with Crippen LogP contribution in [-0.4, -0.2) is 36.2 Å². The Morgan fingerprint density at radius 3 is 3.09 bits per heavy atom. The Labute approximate surface area is 67.5 Å². The maximum atomic E-state index is 5.52. The molecule has 1 spiro atoms. The number of nitrogens with zero attached hydrogens (tertiary/aromatic N) is 1. The summed E-state index contributed by atoms with van der Waals surface area (Å²) >= 11 is 0. The van der Waals surface area contributed by atoms with E-state index >= 15 is 0 Å². The molecule has 0 aromatic heterocycles. The van der Waals surface area contributed by atoms with Crippen molar-refractivity contribution in [2.24, 2.45) is 0 Å². The molecule has 0 unspecified atom stereocenters. The highest BCUT2D eigenvalue weighted by molar-refractivity contribution is 5.02. The second kappa shape index (κ2) is 1.99. The predicted molar refractivity (Wildman–Crippen MR) is 42.5 cm³/mol. The molecule has 0 aromatic rings. The van der Waals surface area contributed by atoms with E-state index in [4.69, 9.17) is 4.74 Å². The maximum Gasteiger partial charge on any atom is 0.0943 e. The van der Waals surface area contributed by atoms with Crippen LogP contribution in [0, 0.1) is 0 Å². The van der Waals surface area contributed by atoms with Gasteiger partial charge in [0.2, 0.25) is 0 Å². The maximum absolute atomic E-state index is 5.52. The summed E-state index contributed by atoms with van der Waals surface area (Å²) in [4.78, 5) is 2.65. The van der Waals surface area contributed by atoms with Crippen LogP contribution in [0.4, 0.5) is 0 Å². The van der Waals surface area contributed by atoms with Gasteiger partial charge in [0.1, 0.15) is 0 Å². The number of hydrogen-bond acceptors (Lipinski definition) is 2. The van der Waals surface area contributed by atoms with Crippen molar-refractivity contribution in [3.05, 3.63) is 0 Å². The Bertz CT molecular complexity index is 176. The molecule has 3 aliphatic rings. The molecule has 3 rings (SSSR count). The lowest BCUT2D eigenvalue weighted by Crippen LogP contribution is -2.41. The largest absolute Gasteiger partial charge is 0.369 e. The van der Waals surface area contributed by atoms with Crippen molar-refractivity contribution in [2.75, 3.05) is 19.7 Å². The van der Waals surface area contributed by atoms with Gasteiger partial charge in [0.05, 0.1) is 12.2 Å². The van der Waals surface area contributed by atoms with Crippen LogP contribution in [0.3, 0.4) is 0 Å². The topological polar surface area (TPSA) is 15.8 Å². The van der Waals surface area contributed by atoms with Gasteiger partial charge in [-0.05, 0) is 32.2 Å². The molecule has 0 bridgehead atoms. The fourth-order valence-corrected chi connectivity index (χ4v) is 2.66. The molecule has 2 atom stereocenters. The van der Waals surface area contributed by atoms with Crippen molar-refractivity contribution in [2.45, 2.75) is 37.3 Å². The average Bonchev–Trinajstić information content (AvgIpc) is 2.63. The minimum atomic E-state index is 0.380. The van der Waals surface area contributed by atoms with Gasteiger partial charge in [0.15, 0.2) is 0 Å². The zero-order valence-electron chi connectivity index (χ0n) is 6.88. The van der Waals surface area contributed by atoms with Crippen molar-refractivity contribution in [3.63, 3.8) is 0 Å². The molecule has 3 saturated heterocycles. The molecule has 2 nitrogen and oxygen atoms in total. The van der Waals surface area contributed by atoms with Crippen molar-refractivity contribution in [1.82, 2.24) is 4.90 Å². The zero-order valence-corrected chi connectivity index (χ0v) is 6.88. The van der Waals surface area contributed by atoms with Crippen LogP contribution >= 0.6 is 0 Å². The fourth-order valence-electron chi connectivity index (χ4n) is 2.66. The Morgan fingerprint density at radius 1 is 1.36 bits per heavy atom. The summed E-state index contributed by atoms with van der Waals surface area (Å²) in [5.41, 5.74) is 0.380. The summed E-state index contributed by atoms with van der Waals surface area (Å²) in [6, 6.07) is 0.881. The third-order valence-corrected chi connectivity index (χ3v) is 3.51. The second-order valence-electron chi connectivity index (χ2n) is 4.26. The van der Waals surface area contributed by atoms with Gasteiger partial charge in [-0.1, -0.05) is 0 Å². The molecule has 0 saturated carbocycles. The lowest BCUT2D eigenvalue weighted by atomic mass is 9.92. The zero-order chi connectivity index (χ0) is 7.31. The summed E-state index contributed by atoms with van der Waals surface area (Å²) in [5.74, 6) is 0. The van der Waals surface area contributed by atoms with Gasteiger partial charge < -0.3 is 9.64 Å². The highest BCUT2D eigenvalue weighted by Gasteiger charge is 2.50. The summed E-state index contributed by atoms with van der Waals surface area (Å²) in [6.07, 6.45) is 5.46. The third-order valence-electron chi connectivity index (χ3n) is 3.51. The average molecular weight is 153 g/mol. The molecule has 0 amide bonds. The number of ether oxygens (including phenoxy) is 1. The van der Waals surface area contributed by atoms with Crippen molar-refractivity contribution in [1.29, 1.82) is 0 Å². The fraction of sp³-hybridized carbons (Fsp3) is 1.00. The van der Waals surface area contributed by atoms with Crippen LogP contribution < -0.4 is 0 Å². The van der Waals surface area contributed by atoms with E-state index in [-0.39, 0.29) is 0 Å². The monoisotopic (exact) mass is 153 g/mol. The van der Waals surface area contributed by atoms with E-state index < -0.39 is 0 Å². The van der Waals surface area contributed by atoms with Gasteiger partial charge in [-0.2, -0.15) is 0 Å². The highest BCUT2D eigenvalue weighted by Crippen LogP contribution is 2.43. The van der Waals surface area contributed by atoms with E-state index in [1.54, 1.807) is 0 Å². The lowest BCUT2D eigenvalue weighted by molar-refractivity contribution is 0.119. The van der Waals surface area contributed by atoms with Gasteiger partial charge in [-0.15, -0.1) is 0 Å². The summed E-state index contributed by atoms with van der Waals surface area (Å²) in [6.45, 7) is 3.70. The van der Waals surface area contributed by atoms with Crippen molar-refractivity contribution in [3.8, 4) is 0 Å². The van der Waals surface area contributed by atoms with Crippen LogP contribution in [0.2, 0.25) is 0 Å². The number of piperidine rings is 1. The van der Waals surface area contributed by atoms with E-state index in [0.29, 0.717) is 5.60 Å².